The van der Waals surface area contributed by atoms with Gasteiger partial charge in [0, 0.05) is 6.07 Å². The van der Waals surface area contributed by atoms with Crippen molar-refractivity contribution in [2.45, 2.75) is 25.9 Å². The van der Waals surface area contributed by atoms with Crippen LogP contribution in [0.3, 0.4) is 0 Å². The van der Waals surface area contributed by atoms with Crippen LogP contribution < -0.4 is 10.5 Å². The molecule has 1 rings (SSSR count). The van der Waals surface area contributed by atoms with E-state index in [-0.39, 0.29) is 11.9 Å². The van der Waals surface area contributed by atoms with E-state index in [0.717, 1.165) is 17.3 Å². The Balaban J connectivity index is 2.59. The molecule has 0 spiro atoms. The summed E-state index contributed by atoms with van der Waals surface area (Å²) >= 11 is 3.31. The topological polar surface area (TPSA) is 35.2 Å². The van der Waals surface area contributed by atoms with E-state index in [9.17, 15) is 4.39 Å². The zero-order valence-corrected chi connectivity index (χ0v) is 10.3. The van der Waals surface area contributed by atoms with Crippen LogP contribution in [0.1, 0.15) is 19.8 Å². The largest absolute Gasteiger partial charge is 0.489 e. The van der Waals surface area contributed by atoms with Crippen molar-refractivity contribution < 1.29 is 9.13 Å². The Hall–Kier alpha value is -0.610. The highest BCUT2D eigenvalue weighted by atomic mass is 79.9. The number of halogens is 2. The van der Waals surface area contributed by atoms with Crippen LogP contribution in [0.4, 0.5) is 4.39 Å². The van der Waals surface area contributed by atoms with Gasteiger partial charge in [0.25, 0.3) is 0 Å². The van der Waals surface area contributed by atoms with Gasteiger partial charge < -0.3 is 10.5 Å². The van der Waals surface area contributed by atoms with Crippen LogP contribution in [0.25, 0.3) is 0 Å². The van der Waals surface area contributed by atoms with E-state index in [1.807, 2.05) is 6.92 Å². The average Bonchev–Trinajstić information content (AvgIpc) is 2.20. The fourth-order valence-corrected chi connectivity index (χ4v) is 1.59. The third-order valence-electron chi connectivity index (χ3n) is 2.04. The van der Waals surface area contributed by atoms with E-state index in [4.69, 9.17) is 10.5 Å². The van der Waals surface area contributed by atoms with Crippen molar-refractivity contribution in [3.05, 3.63) is 28.5 Å². The van der Waals surface area contributed by atoms with Crippen LogP contribution in [0.2, 0.25) is 0 Å². The number of nitrogens with two attached hydrogens (primary N) is 1. The summed E-state index contributed by atoms with van der Waals surface area (Å²) in [5.41, 5.74) is 5.40. The third-order valence-corrected chi connectivity index (χ3v) is 2.69. The highest BCUT2D eigenvalue weighted by Crippen LogP contribution is 2.26. The summed E-state index contributed by atoms with van der Waals surface area (Å²) in [4.78, 5) is 0. The Kier molecular flexibility index (Phi) is 5.05. The molecule has 0 radical (unpaired) electrons. The Morgan fingerprint density at radius 1 is 1.53 bits per heavy atom. The average molecular weight is 276 g/mol. The van der Waals surface area contributed by atoms with Crippen LogP contribution >= 0.6 is 15.9 Å². The minimum atomic E-state index is -0.292. The number of ether oxygens (including phenoxy) is 1. The number of benzene rings is 1. The van der Waals surface area contributed by atoms with Gasteiger partial charge in [-0.3, -0.25) is 0 Å². The van der Waals surface area contributed by atoms with Crippen molar-refractivity contribution >= 4 is 15.9 Å². The molecule has 1 atom stereocenters. The Morgan fingerprint density at radius 3 is 2.93 bits per heavy atom. The lowest BCUT2D eigenvalue weighted by atomic mass is 10.2. The van der Waals surface area contributed by atoms with Crippen molar-refractivity contribution in [1.82, 2.24) is 0 Å². The van der Waals surface area contributed by atoms with Gasteiger partial charge in [0.2, 0.25) is 0 Å². The van der Waals surface area contributed by atoms with Crippen molar-refractivity contribution in [2.75, 3.05) is 6.54 Å². The van der Waals surface area contributed by atoms with Crippen LogP contribution in [0.15, 0.2) is 22.7 Å². The molecule has 2 N–H and O–H groups in total. The van der Waals surface area contributed by atoms with E-state index in [1.165, 1.54) is 12.1 Å². The molecule has 0 saturated carbocycles. The Bertz CT molecular complexity index is 319. The second-order valence-electron chi connectivity index (χ2n) is 3.43. The minimum absolute atomic E-state index is 0.0478. The molecule has 0 fully saturated rings. The minimum Gasteiger partial charge on any atom is -0.489 e. The van der Waals surface area contributed by atoms with E-state index < -0.39 is 0 Å². The molecule has 0 bridgehead atoms. The third kappa shape index (κ3) is 4.18. The molecule has 0 heterocycles. The van der Waals surface area contributed by atoms with Gasteiger partial charge in [-0.05, 0) is 54.4 Å². The summed E-state index contributed by atoms with van der Waals surface area (Å²) in [7, 11) is 0. The van der Waals surface area contributed by atoms with Crippen LogP contribution in [-0.4, -0.2) is 12.6 Å². The second-order valence-corrected chi connectivity index (χ2v) is 4.29. The van der Waals surface area contributed by atoms with E-state index in [1.54, 1.807) is 6.07 Å². The van der Waals surface area contributed by atoms with E-state index >= 15 is 0 Å². The monoisotopic (exact) mass is 275 g/mol. The standard InChI is InChI=1S/C11H15BrFNO/c1-8(3-2-6-14)15-11-7-9(13)4-5-10(11)12/h4-5,7-8H,2-3,6,14H2,1H3. The smallest absolute Gasteiger partial charge is 0.136 e. The first kappa shape index (κ1) is 12.5. The maximum absolute atomic E-state index is 12.9. The molecular weight excluding hydrogens is 261 g/mol. The molecule has 84 valence electrons. The molecule has 2 nitrogen and oxygen atoms in total. The molecule has 15 heavy (non-hydrogen) atoms. The number of hydrogen-bond donors (Lipinski definition) is 1. The maximum Gasteiger partial charge on any atom is 0.136 e. The van der Waals surface area contributed by atoms with E-state index in [0.29, 0.717) is 12.3 Å². The molecule has 0 aliphatic rings. The van der Waals surface area contributed by atoms with Crippen molar-refractivity contribution in [3.8, 4) is 5.75 Å². The van der Waals surface area contributed by atoms with E-state index in [2.05, 4.69) is 15.9 Å². The maximum atomic E-state index is 12.9. The summed E-state index contributed by atoms with van der Waals surface area (Å²) in [6, 6.07) is 4.41. The first-order chi connectivity index (χ1) is 7.13. The van der Waals surface area contributed by atoms with Crippen molar-refractivity contribution in [3.63, 3.8) is 0 Å². The fourth-order valence-electron chi connectivity index (χ4n) is 1.25. The molecule has 0 saturated heterocycles. The molecule has 4 heteroatoms. The lowest BCUT2D eigenvalue weighted by molar-refractivity contribution is 0.206. The zero-order chi connectivity index (χ0) is 11.3. The van der Waals surface area contributed by atoms with Crippen LogP contribution in [-0.2, 0) is 0 Å². The molecule has 0 amide bonds. The quantitative estimate of drug-likeness (QED) is 0.896. The summed E-state index contributed by atoms with van der Waals surface area (Å²) in [6.07, 6.45) is 1.83. The van der Waals surface area contributed by atoms with Gasteiger partial charge in [0.1, 0.15) is 11.6 Å². The Morgan fingerprint density at radius 2 is 2.27 bits per heavy atom. The highest BCUT2D eigenvalue weighted by molar-refractivity contribution is 9.10. The van der Waals surface area contributed by atoms with Gasteiger partial charge in [-0.25, -0.2) is 4.39 Å². The summed E-state index contributed by atoms with van der Waals surface area (Å²) < 4.78 is 19.3. The second kappa shape index (κ2) is 6.08. The SMILES string of the molecule is CC(CCCN)Oc1cc(F)ccc1Br. The first-order valence-electron chi connectivity index (χ1n) is 4.95. The fraction of sp³-hybridized carbons (Fsp3) is 0.455. The molecule has 0 aliphatic heterocycles. The number of hydrogen-bond acceptors (Lipinski definition) is 2. The molecule has 0 aromatic heterocycles. The molecule has 1 aromatic carbocycles. The van der Waals surface area contributed by atoms with Crippen LogP contribution in [0, 0.1) is 5.82 Å². The lowest BCUT2D eigenvalue weighted by Crippen LogP contribution is -2.14. The van der Waals surface area contributed by atoms with Gasteiger partial charge >= 0.3 is 0 Å². The number of rotatable bonds is 5. The molecule has 1 aromatic rings. The predicted octanol–water partition coefficient (Wildman–Crippen LogP) is 3.09. The molecule has 0 aliphatic carbocycles. The predicted molar refractivity (Wildman–Crippen MR) is 62.5 cm³/mol. The summed E-state index contributed by atoms with van der Waals surface area (Å²) in [5.74, 6) is 0.249. The summed E-state index contributed by atoms with van der Waals surface area (Å²) in [5, 5.41) is 0. The normalized spacial score (nSPS) is 12.5. The van der Waals surface area contributed by atoms with Gasteiger partial charge in [-0.1, -0.05) is 0 Å². The van der Waals surface area contributed by atoms with Crippen molar-refractivity contribution in [2.24, 2.45) is 5.73 Å². The molecule has 1 unspecified atom stereocenters. The summed E-state index contributed by atoms with van der Waals surface area (Å²) in [6.45, 7) is 2.60. The Labute approximate surface area is 97.7 Å². The van der Waals surface area contributed by atoms with Crippen molar-refractivity contribution in [1.29, 1.82) is 0 Å². The van der Waals surface area contributed by atoms with Gasteiger partial charge in [-0.2, -0.15) is 0 Å². The lowest BCUT2D eigenvalue weighted by Gasteiger charge is -2.15. The van der Waals surface area contributed by atoms with Gasteiger partial charge in [-0.15, -0.1) is 0 Å². The van der Waals surface area contributed by atoms with Gasteiger partial charge in [0.15, 0.2) is 0 Å². The first-order valence-corrected chi connectivity index (χ1v) is 5.74. The highest BCUT2D eigenvalue weighted by Gasteiger charge is 2.07. The zero-order valence-electron chi connectivity index (χ0n) is 8.67. The molecular formula is C11H15BrFNO. The van der Waals surface area contributed by atoms with Gasteiger partial charge in [0.05, 0.1) is 10.6 Å². The van der Waals surface area contributed by atoms with Crippen LogP contribution in [0.5, 0.6) is 5.75 Å².